The van der Waals surface area contributed by atoms with Gasteiger partial charge in [0.15, 0.2) is 17.2 Å². The Bertz CT molecular complexity index is 1390. The number of rotatable bonds is 6. The molecule has 1 saturated heterocycles. The molecule has 1 atom stereocenters. The van der Waals surface area contributed by atoms with Crippen molar-refractivity contribution in [2.24, 2.45) is 0 Å². The van der Waals surface area contributed by atoms with Crippen LogP contribution in [0.1, 0.15) is 29.7 Å². The summed E-state index contributed by atoms with van der Waals surface area (Å²) >= 11 is 6.64. The summed E-state index contributed by atoms with van der Waals surface area (Å²) in [5.41, 5.74) is 1.71. The molecule has 0 radical (unpaired) electrons. The highest BCUT2D eigenvalue weighted by Gasteiger charge is 2.41. The van der Waals surface area contributed by atoms with Crippen LogP contribution in [-0.2, 0) is 6.54 Å². The third-order valence-corrected chi connectivity index (χ3v) is 6.41. The van der Waals surface area contributed by atoms with Gasteiger partial charge in [0, 0.05) is 32.2 Å². The van der Waals surface area contributed by atoms with Gasteiger partial charge in [-0.15, -0.1) is 5.10 Å². The average Bonchev–Trinajstić information content (AvgIpc) is 3.57. The van der Waals surface area contributed by atoms with Crippen molar-refractivity contribution < 1.29 is 13.2 Å². The second-order valence-electron chi connectivity index (χ2n) is 8.71. The second-order valence-corrected chi connectivity index (χ2v) is 9.09. The molecule has 2 aliphatic rings. The summed E-state index contributed by atoms with van der Waals surface area (Å²) in [5.74, 6) is 0.561. The van der Waals surface area contributed by atoms with Gasteiger partial charge in [0.25, 0.3) is 0 Å². The Hall–Kier alpha value is -3.65. The molecule has 186 valence electrons. The molecule has 3 aromatic rings. The molecule has 1 saturated carbocycles. The molecule has 1 aromatic carbocycles. The lowest BCUT2D eigenvalue weighted by Gasteiger charge is -2.34. The first-order valence-corrected chi connectivity index (χ1v) is 11.6. The number of nitriles is 2. The SMILES string of the molecule is N#Cc1cc(CN2CCNC(C(F)(F)F)C2)c(Cl)c(Nc2nc(NC3CC3)c3ncc(C#N)n3n2)c1. The molecule has 3 heterocycles. The highest BCUT2D eigenvalue weighted by molar-refractivity contribution is 6.34. The molecule has 2 aromatic heterocycles. The van der Waals surface area contributed by atoms with E-state index < -0.39 is 12.2 Å². The zero-order valence-corrected chi connectivity index (χ0v) is 19.5. The van der Waals surface area contributed by atoms with E-state index in [-0.39, 0.29) is 47.9 Å². The van der Waals surface area contributed by atoms with Crippen molar-refractivity contribution in [3.05, 3.63) is 40.2 Å². The van der Waals surface area contributed by atoms with Gasteiger partial charge in [0.05, 0.1) is 28.5 Å². The van der Waals surface area contributed by atoms with Gasteiger partial charge in [-0.3, -0.25) is 4.90 Å². The number of hydrogen-bond acceptors (Lipinski definition) is 9. The molecule has 10 nitrogen and oxygen atoms in total. The van der Waals surface area contributed by atoms with Gasteiger partial charge < -0.3 is 16.0 Å². The maximum absolute atomic E-state index is 13.2. The summed E-state index contributed by atoms with van der Waals surface area (Å²) in [6.45, 7) is 0.482. The number of halogens is 4. The Kier molecular flexibility index (Phi) is 6.30. The zero-order valence-electron chi connectivity index (χ0n) is 18.8. The Morgan fingerprint density at radius 3 is 2.72 bits per heavy atom. The van der Waals surface area contributed by atoms with Crippen LogP contribution in [0, 0.1) is 22.7 Å². The summed E-state index contributed by atoms with van der Waals surface area (Å²) in [6.07, 6.45) is -0.979. The van der Waals surface area contributed by atoms with Gasteiger partial charge in [-0.1, -0.05) is 11.6 Å². The Balaban J connectivity index is 1.45. The van der Waals surface area contributed by atoms with E-state index in [0.29, 0.717) is 29.3 Å². The smallest absolute Gasteiger partial charge is 0.364 e. The summed E-state index contributed by atoms with van der Waals surface area (Å²) < 4.78 is 41.0. The number of piperazine rings is 1. The lowest BCUT2D eigenvalue weighted by atomic mass is 10.1. The number of nitrogens with one attached hydrogen (secondary N) is 3. The van der Waals surface area contributed by atoms with Crippen LogP contribution in [0.25, 0.3) is 5.65 Å². The van der Waals surface area contributed by atoms with Crippen LogP contribution in [0.15, 0.2) is 18.3 Å². The number of aromatic nitrogens is 4. The molecule has 1 aliphatic carbocycles. The van der Waals surface area contributed by atoms with Crippen molar-refractivity contribution in [2.45, 2.75) is 37.6 Å². The van der Waals surface area contributed by atoms with Crippen molar-refractivity contribution in [1.29, 1.82) is 10.5 Å². The van der Waals surface area contributed by atoms with E-state index in [1.54, 1.807) is 11.0 Å². The van der Waals surface area contributed by atoms with E-state index in [4.69, 9.17) is 11.6 Å². The van der Waals surface area contributed by atoms with Crippen LogP contribution < -0.4 is 16.0 Å². The Labute approximate surface area is 208 Å². The van der Waals surface area contributed by atoms with E-state index in [0.717, 1.165) is 12.8 Å². The molecule has 2 fully saturated rings. The monoisotopic (exact) mass is 516 g/mol. The number of imidazole rings is 1. The number of benzene rings is 1. The molecule has 0 amide bonds. The van der Waals surface area contributed by atoms with Crippen LogP contribution in [0.2, 0.25) is 5.02 Å². The van der Waals surface area contributed by atoms with Crippen LogP contribution >= 0.6 is 11.6 Å². The molecular weight excluding hydrogens is 497 g/mol. The summed E-state index contributed by atoms with van der Waals surface area (Å²) in [4.78, 5) is 10.4. The normalized spacial score (nSPS) is 18.6. The van der Waals surface area contributed by atoms with E-state index in [9.17, 15) is 23.7 Å². The number of alkyl halides is 3. The van der Waals surface area contributed by atoms with E-state index in [2.05, 4.69) is 37.1 Å². The topological polar surface area (TPSA) is 130 Å². The highest BCUT2D eigenvalue weighted by atomic mass is 35.5. The number of hydrogen-bond donors (Lipinski definition) is 3. The summed E-state index contributed by atoms with van der Waals surface area (Å²) in [6, 6.07) is 5.79. The molecule has 0 spiro atoms. The van der Waals surface area contributed by atoms with Gasteiger partial charge in [-0.05, 0) is 30.5 Å². The fourth-order valence-electron chi connectivity index (χ4n) is 4.02. The lowest BCUT2D eigenvalue weighted by molar-refractivity contribution is -0.165. The van der Waals surface area contributed by atoms with Crippen LogP contribution in [0.4, 0.5) is 30.6 Å². The molecule has 36 heavy (non-hydrogen) atoms. The first-order valence-electron chi connectivity index (χ1n) is 11.2. The lowest BCUT2D eigenvalue weighted by Crippen LogP contribution is -2.56. The van der Waals surface area contributed by atoms with Crippen LogP contribution in [0.5, 0.6) is 0 Å². The predicted molar refractivity (Wildman–Crippen MR) is 125 cm³/mol. The standard InChI is InChI=1S/C22H20ClF3N10/c23-18-13(10-35-4-3-29-17(11-35)22(24,25)26)5-12(7-27)6-16(18)32-21-33-19(31-14-1-2-14)20-30-9-15(8-28)36(20)34-21/h5-6,9,14,17,29H,1-4,10-11H2,(H2,31,32,33,34). The highest BCUT2D eigenvalue weighted by Crippen LogP contribution is 2.33. The van der Waals surface area contributed by atoms with E-state index in [1.807, 2.05) is 6.07 Å². The van der Waals surface area contributed by atoms with Crippen molar-refractivity contribution in [3.8, 4) is 12.1 Å². The molecule has 14 heteroatoms. The van der Waals surface area contributed by atoms with E-state index in [1.165, 1.54) is 16.8 Å². The van der Waals surface area contributed by atoms with Crippen molar-refractivity contribution in [3.63, 3.8) is 0 Å². The molecule has 1 unspecified atom stereocenters. The zero-order chi connectivity index (χ0) is 25.4. The van der Waals surface area contributed by atoms with Gasteiger partial charge in [-0.25, -0.2) is 4.98 Å². The fourth-order valence-corrected chi connectivity index (χ4v) is 4.23. The minimum absolute atomic E-state index is 0.113. The molecular formula is C22H20ClF3N10. The Morgan fingerprint density at radius 1 is 1.22 bits per heavy atom. The maximum Gasteiger partial charge on any atom is 0.405 e. The number of fused-ring (bicyclic) bond motifs is 1. The minimum atomic E-state index is -4.36. The molecule has 0 bridgehead atoms. The third kappa shape index (κ3) is 4.99. The van der Waals surface area contributed by atoms with Gasteiger partial charge in [0.1, 0.15) is 12.1 Å². The largest absolute Gasteiger partial charge is 0.405 e. The predicted octanol–water partition coefficient (Wildman–Crippen LogP) is 3.18. The van der Waals surface area contributed by atoms with Gasteiger partial charge in [0.2, 0.25) is 5.95 Å². The second kappa shape index (κ2) is 9.43. The summed E-state index contributed by atoms with van der Waals surface area (Å²) in [5, 5.41) is 32.3. The van der Waals surface area contributed by atoms with Gasteiger partial charge in [-0.2, -0.15) is 33.2 Å². The van der Waals surface area contributed by atoms with Crippen molar-refractivity contribution in [2.75, 3.05) is 30.3 Å². The van der Waals surface area contributed by atoms with Crippen LogP contribution in [0.3, 0.4) is 0 Å². The quantitative estimate of drug-likeness (QED) is 0.452. The minimum Gasteiger partial charge on any atom is -0.364 e. The number of nitrogens with zero attached hydrogens (tertiary/aromatic N) is 7. The fraction of sp³-hybridized carbons (Fsp3) is 0.409. The maximum atomic E-state index is 13.2. The average molecular weight is 517 g/mol. The molecule has 3 N–H and O–H groups in total. The first-order chi connectivity index (χ1) is 17.2. The van der Waals surface area contributed by atoms with Crippen molar-refractivity contribution >= 4 is 34.7 Å². The first kappa shape index (κ1) is 24.1. The summed E-state index contributed by atoms with van der Waals surface area (Å²) in [7, 11) is 0. The van der Waals surface area contributed by atoms with Crippen LogP contribution in [-0.4, -0.2) is 62.4 Å². The van der Waals surface area contributed by atoms with Gasteiger partial charge >= 0.3 is 6.18 Å². The Morgan fingerprint density at radius 2 is 2.03 bits per heavy atom. The third-order valence-electron chi connectivity index (χ3n) is 5.97. The molecule has 1 aliphatic heterocycles. The van der Waals surface area contributed by atoms with Crippen molar-refractivity contribution in [1.82, 2.24) is 29.8 Å². The van der Waals surface area contributed by atoms with E-state index >= 15 is 0 Å². The number of anilines is 3. The molecule has 5 rings (SSSR count).